The first kappa shape index (κ1) is 15.8. The Labute approximate surface area is 119 Å². The topological polar surface area (TPSA) is 63.6 Å². The van der Waals surface area contributed by atoms with Crippen LogP contribution in [0, 0.1) is 0 Å². The third-order valence-electron chi connectivity index (χ3n) is 1.50. The van der Waals surface area contributed by atoms with Gasteiger partial charge in [-0.3, -0.25) is 9.13 Å². The zero-order valence-electron chi connectivity index (χ0n) is 8.16. The second-order valence-corrected chi connectivity index (χ2v) is 11.6. The van der Waals surface area contributed by atoms with Crippen LogP contribution in [0.3, 0.4) is 0 Å². The van der Waals surface area contributed by atoms with E-state index in [4.69, 9.17) is 32.6 Å². The molecule has 0 spiro atoms. The molecule has 0 aliphatic rings. The monoisotopic (exact) mass is 352 g/mol. The average Bonchev–Trinajstić information content (AvgIpc) is 2.05. The Kier molecular flexibility index (Phi) is 5.37. The predicted octanol–water partition coefficient (Wildman–Crippen LogP) is 4.57. The van der Waals surface area contributed by atoms with Gasteiger partial charge in [-0.05, 0) is 18.2 Å². The summed E-state index contributed by atoms with van der Waals surface area (Å²) in [6.45, 7) is -7.39. The van der Waals surface area contributed by atoms with Gasteiger partial charge in [0.05, 0.1) is 5.02 Å². The van der Waals surface area contributed by atoms with Crippen LogP contribution in [-0.2, 0) is 9.13 Å². The Morgan fingerprint density at radius 3 is 2.35 bits per heavy atom. The number of hydrogen-bond donors (Lipinski definition) is 3. The van der Waals surface area contributed by atoms with Crippen LogP contribution >= 0.6 is 60.8 Å². The van der Waals surface area contributed by atoms with E-state index >= 15 is 0 Å². The molecule has 10 heteroatoms. The maximum absolute atomic E-state index is 11.8. The van der Waals surface area contributed by atoms with Gasteiger partial charge >= 0.3 is 6.57 Å². The summed E-state index contributed by atoms with van der Waals surface area (Å²) in [4.78, 5) is 9.01. The van der Waals surface area contributed by atoms with E-state index in [1.807, 2.05) is 0 Å². The van der Waals surface area contributed by atoms with Crippen LogP contribution in [0.5, 0.6) is 5.75 Å². The molecule has 2 atom stereocenters. The van der Waals surface area contributed by atoms with Crippen molar-refractivity contribution in [2.45, 2.75) is 0 Å². The molecular weight excluding hydrogens is 345 g/mol. The number of thiol groups is 2. The predicted molar refractivity (Wildman–Crippen MR) is 77.4 cm³/mol. The molecule has 1 aromatic rings. The minimum Gasteiger partial charge on any atom is -0.434 e. The Balaban J connectivity index is 2.90. The van der Waals surface area contributed by atoms with E-state index in [0.717, 1.165) is 0 Å². The van der Waals surface area contributed by atoms with Crippen molar-refractivity contribution >= 4 is 60.8 Å². The average molecular weight is 353 g/mol. The van der Waals surface area contributed by atoms with Crippen LogP contribution < -0.4 is 4.52 Å². The Morgan fingerprint density at radius 2 is 1.88 bits per heavy atom. The third kappa shape index (κ3) is 5.93. The van der Waals surface area contributed by atoms with E-state index in [-0.39, 0.29) is 10.8 Å². The molecule has 0 amide bonds. The molecule has 4 nitrogen and oxygen atoms in total. The van der Waals surface area contributed by atoms with Crippen molar-refractivity contribution in [3.63, 3.8) is 0 Å². The highest BCUT2D eigenvalue weighted by Crippen LogP contribution is 2.65. The molecule has 1 rings (SSSR count). The van der Waals surface area contributed by atoms with Crippen LogP contribution in [-0.4, -0.2) is 10.8 Å². The Hall–Kier alpha value is 0.720. The highest BCUT2D eigenvalue weighted by molar-refractivity contribution is 8.53. The summed E-state index contributed by atoms with van der Waals surface area (Å²) in [7, 11) is 0. The summed E-state index contributed by atoms with van der Waals surface area (Å²) in [5.74, 6) is -0.582. The van der Waals surface area contributed by atoms with Crippen molar-refractivity contribution in [1.82, 2.24) is 0 Å². The molecule has 96 valence electrons. The van der Waals surface area contributed by atoms with E-state index < -0.39 is 19.0 Å². The molecule has 1 N–H and O–H groups in total. The molecule has 0 bridgehead atoms. The maximum Gasteiger partial charge on any atom is 0.310 e. The summed E-state index contributed by atoms with van der Waals surface area (Å²) in [6.07, 6.45) is 0. The lowest BCUT2D eigenvalue weighted by Gasteiger charge is -2.16. The highest BCUT2D eigenvalue weighted by Gasteiger charge is 2.29. The molecular formula is C7H8Cl2O4P2S2. The van der Waals surface area contributed by atoms with Gasteiger partial charge in [-0.25, -0.2) is 0 Å². The molecule has 0 fully saturated rings. The van der Waals surface area contributed by atoms with Crippen molar-refractivity contribution in [3.8, 4) is 5.75 Å². The van der Waals surface area contributed by atoms with Crippen LogP contribution in [0.1, 0.15) is 0 Å². The second kappa shape index (κ2) is 5.79. The lowest BCUT2D eigenvalue weighted by molar-refractivity contribution is 0.488. The van der Waals surface area contributed by atoms with Crippen molar-refractivity contribution in [3.05, 3.63) is 28.2 Å². The van der Waals surface area contributed by atoms with Crippen LogP contribution in [0.25, 0.3) is 0 Å². The van der Waals surface area contributed by atoms with Crippen LogP contribution in [0.15, 0.2) is 18.2 Å². The molecule has 0 radical (unpaired) electrons. The molecule has 0 heterocycles. The van der Waals surface area contributed by atoms with Crippen LogP contribution in [0.4, 0.5) is 0 Å². The van der Waals surface area contributed by atoms with Crippen molar-refractivity contribution < 1.29 is 18.5 Å². The summed E-state index contributed by atoms with van der Waals surface area (Å²) in [5.41, 5.74) is 0. The first-order valence-electron chi connectivity index (χ1n) is 4.10. The Morgan fingerprint density at radius 1 is 1.29 bits per heavy atom. The molecule has 0 aromatic heterocycles. The fraction of sp³-hybridized carbons (Fsp3) is 0.143. The zero-order valence-corrected chi connectivity index (χ0v) is 13.2. The smallest absolute Gasteiger partial charge is 0.310 e. The molecule has 0 aliphatic heterocycles. The van der Waals surface area contributed by atoms with Gasteiger partial charge in [-0.15, -0.1) is 0 Å². The number of rotatable bonds is 4. The van der Waals surface area contributed by atoms with E-state index in [9.17, 15) is 9.13 Å². The lowest BCUT2D eigenvalue weighted by Crippen LogP contribution is -1.92. The molecule has 0 saturated heterocycles. The summed E-state index contributed by atoms with van der Waals surface area (Å²) in [6, 6.07) is 4.27. The second-order valence-electron chi connectivity index (χ2n) is 3.11. The molecule has 1 aromatic carbocycles. The number of hydrogen-bond acceptors (Lipinski definition) is 3. The largest absolute Gasteiger partial charge is 0.434 e. The van der Waals surface area contributed by atoms with Gasteiger partial charge < -0.3 is 9.42 Å². The third-order valence-corrected chi connectivity index (χ3v) is 7.94. The first-order chi connectivity index (χ1) is 7.59. The molecule has 0 saturated carbocycles. The van der Waals surface area contributed by atoms with Crippen molar-refractivity contribution in [1.29, 1.82) is 0 Å². The van der Waals surface area contributed by atoms with Crippen molar-refractivity contribution in [2.75, 3.05) is 5.90 Å². The summed E-state index contributed by atoms with van der Waals surface area (Å²) >= 11 is 18.6. The Bertz CT molecular complexity index is 519. The molecule has 2 unspecified atom stereocenters. The summed E-state index contributed by atoms with van der Waals surface area (Å²) < 4.78 is 27.8. The molecule has 0 aliphatic carbocycles. The fourth-order valence-corrected chi connectivity index (χ4v) is 8.23. The van der Waals surface area contributed by atoms with E-state index in [1.54, 1.807) is 0 Å². The standard InChI is InChI=1S/C7H8Cl2O4P2S2/c8-5-1-2-7(6(9)3-5)13-15(12,17)4-14(10,11)16/h1-3H,4H2,(H,12,17)(H2,10,11,16). The van der Waals surface area contributed by atoms with E-state index in [2.05, 4.69) is 24.5 Å². The maximum atomic E-state index is 11.8. The van der Waals surface area contributed by atoms with Gasteiger partial charge in [0.25, 0.3) is 6.57 Å². The zero-order chi connectivity index (χ0) is 13.3. The van der Waals surface area contributed by atoms with Gasteiger partial charge in [-0.1, -0.05) is 47.7 Å². The summed E-state index contributed by atoms with van der Waals surface area (Å²) in [5, 5.41) is 0.525. The lowest BCUT2D eigenvalue weighted by atomic mass is 10.3. The SMILES string of the molecule is O=P(O)(S)CP(=O)(S)Oc1ccc(Cl)cc1Cl. The van der Waals surface area contributed by atoms with E-state index in [0.29, 0.717) is 5.02 Å². The minimum absolute atomic E-state index is 0.0798. The quantitative estimate of drug-likeness (QED) is 0.548. The van der Waals surface area contributed by atoms with Crippen molar-refractivity contribution in [2.24, 2.45) is 0 Å². The number of halogens is 2. The van der Waals surface area contributed by atoms with Gasteiger partial charge in [0.15, 0.2) is 0 Å². The minimum atomic E-state index is -3.79. The van der Waals surface area contributed by atoms with Gasteiger partial charge in [0, 0.05) is 5.02 Å². The van der Waals surface area contributed by atoms with Gasteiger partial charge in [0.2, 0.25) is 0 Å². The normalized spacial score (nSPS) is 18.2. The van der Waals surface area contributed by atoms with Gasteiger partial charge in [0.1, 0.15) is 11.7 Å². The van der Waals surface area contributed by atoms with Crippen LogP contribution in [0.2, 0.25) is 10.0 Å². The highest BCUT2D eigenvalue weighted by atomic mass is 35.5. The van der Waals surface area contributed by atoms with E-state index in [1.165, 1.54) is 18.2 Å². The first-order valence-corrected chi connectivity index (χ1v) is 10.8. The van der Waals surface area contributed by atoms with Gasteiger partial charge in [-0.2, -0.15) is 0 Å². The molecule has 17 heavy (non-hydrogen) atoms. The fourth-order valence-electron chi connectivity index (χ4n) is 0.965. The number of benzene rings is 1.